The van der Waals surface area contributed by atoms with Gasteiger partial charge in [0.25, 0.3) is 0 Å². The molecule has 2 nitrogen and oxygen atoms in total. The summed E-state index contributed by atoms with van der Waals surface area (Å²) in [5, 5.41) is 0. The third-order valence-electron chi connectivity index (χ3n) is 3.11. The summed E-state index contributed by atoms with van der Waals surface area (Å²) in [5.74, 6) is 1.03. The summed E-state index contributed by atoms with van der Waals surface area (Å²) in [6, 6.07) is 6.23. The van der Waals surface area contributed by atoms with Crippen LogP contribution in [0.5, 0.6) is 5.75 Å². The monoisotopic (exact) mass is 254 g/mol. The van der Waals surface area contributed by atoms with Crippen molar-refractivity contribution in [2.75, 3.05) is 19.8 Å². The van der Waals surface area contributed by atoms with E-state index in [1.54, 1.807) is 0 Å². The van der Waals surface area contributed by atoms with Crippen LogP contribution in [0.1, 0.15) is 12.0 Å². The molecule has 2 aliphatic rings. The van der Waals surface area contributed by atoms with Gasteiger partial charge in [0.15, 0.2) is 0 Å². The van der Waals surface area contributed by atoms with Gasteiger partial charge >= 0.3 is 0 Å². The molecule has 0 bridgehead atoms. The molecular formula is C11H11BrO2. The van der Waals surface area contributed by atoms with Crippen molar-refractivity contribution in [2.45, 2.75) is 11.8 Å². The van der Waals surface area contributed by atoms with Gasteiger partial charge in [0.05, 0.1) is 19.8 Å². The average molecular weight is 255 g/mol. The fourth-order valence-corrected chi connectivity index (χ4v) is 2.54. The van der Waals surface area contributed by atoms with E-state index in [4.69, 9.17) is 9.47 Å². The second kappa shape index (κ2) is 2.97. The van der Waals surface area contributed by atoms with Crippen LogP contribution in [0.3, 0.4) is 0 Å². The highest BCUT2D eigenvalue weighted by Crippen LogP contribution is 2.44. The Balaban J connectivity index is 2.12. The van der Waals surface area contributed by atoms with Gasteiger partial charge in [0.2, 0.25) is 0 Å². The molecule has 2 heterocycles. The van der Waals surface area contributed by atoms with Gasteiger partial charge in [-0.3, -0.25) is 0 Å². The minimum Gasteiger partial charge on any atom is -0.493 e. The van der Waals surface area contributed by atoms with Crippen molar-refractivity contribution >= 4 is 15.9 Å². The van der Waals surface area contributed by atoms with Crippen molar-refractivity contribution in [1.29, 1.82) is 0 Å². The van der Waals surface area contributed by atoms with Crippen LogP contribution in [-0.4, -0.2) is 19.8 Å². The van der Waals surface area contributed by atoms with Crippen molar-refractivity contribution in [2.24, 2.45) is 0 Å². The van der Waals surface area contributed by atoms with Crippen molar-refractivity contribution in [3.63, 3.8) is 0 Å². The Kier molecular flexibility index (Phi) is 1.86. The van der Waals surface area contributed by atoms with E-state index in [0.29, 0.717) is 0 Å². The standard InChI is InChI=1S/C11H11BrO2/c12-8-1-2-10-9(5-8)11(3-4-14-10)6-13-7-11/h1-2,5H,3-4,6-7H2. The van der Waals surface area contributed by atoms with E-state index in [1.165, 1.54) is 5.56 Å². The average Bonchev–Trinajstić information content (AvgIpc) is 2.14. The minimum atomic E-state index is 0.247. The molecule has 74 valence electrons. The van der Waals surface area contributed by atoms with Crippen LogP contribution >= 0.6 is 15.9 Å². The summed E-state index contributed by atoms with van der Waals surface area (Å²) in [7, 11) is 0. The summed E-state index contributed by atoms with van der Waals surface area (Å²) in [5.41, 5.74) is 1.56. The van der Waals surface area contributed by atoms with Gasteiger partial charge in [-0.15, -0.1) is 0 Å². The molecule has 0 amide bonds. The lowest BCUT2D eigenvalue weighted by Crippen LogP contribution is -2.49. The van der Waals surface area contributed by atoms with Gasteiger partial charge in [0.1, 0.15) is 5.75 Å². The predicted molar refractivity (Wildman–Crippen MR) is 56.8 cm³/mol. The molecule has 14 heavy (non-hydrogen) atoms. The van der Waals surface area contributed by atoms with Crippen LogP contribution in [-0.2, 0) is 10.2 Å². The molecule has 0 radical (unpaired) electrons. The van der Waals surface area contributed by atoms with Crippen LogP contribution in [0.25, 0.3) is 0 Å². The molecule has 1 fully saturated rings. The quantitative estimate of drug-likeness (QED) is 0.709. The molecule has 0 atom stereocenters. The summed E-state index contributed by atoms with van der Waals surface area (Å²) >= 11 is 3.50. The summed E-state index contributed by atoms with van der Waals surface area (Å²) in [4.78, 5) is 0. The van der Waals surface area contributed by atoms with Crippen molar-refractivity contribution in [1.82, 2.24) is 0 Å². The van der Waals surface area contributed by atoms with E-state index in [1.807, 2.05) is 12.1 Å². The van der Waals surface area contributed by atoms with Crippen LogP contribution in [0, 0.1) is 0 Å². The highest BCUT2D eigenvalue weighted by molar-refractivity contribution is 9.10. The number of rotatable bonds is 0. The first kappa shape index (κ1) is 8.74. The molecule has 0 N–H and O–H groups in total. The van der Waals surface area contributed by atoms with Gasteiger partial charge < -0.3 is 9.47 Å². The molecular weight excluding hydrogens is 244 g/mol. The van der Waals surface area contributed by atoms with Crippen LogP contribution in [0.4, 0.5) is 0 Å². The lowest BCUT2D eigenvalue weighted by Gasteiger charge is -2.45. The largest absolute Gasteiger partial charge is 0.493 e. The highest BCUT2D eigenvalue weighted by atomic mass is 79.9. The Morgan fingerprint density at radius 3 is 2.86 bits per heavy atom. The molecule has 1 aromatic rings. The molecule has 3 heteroatoms. The number of benzene rings is 1. The zero-order chi connectivity index (χ0) is 9.60. The first-order valence-electron chi connectivity index (χ1n) is 4.81. The molecule has 0 saturated carbocycles. The Bertz CT molecular complexity index is 372. The maximum Gasteiger partial charge on any atom is 0.123 e. The maximum absolute atomic E-state index is 5.63. The van der Waals surface area contributed by atoms with E-state index >= 15 is 0 Å². The van der Waals surface area contributed by atoms with Gasteiger partial charge in [0, 0.05) is 15.5 Å². The van der Waals surface area contributed by atoms with Crippen molar-refractivity contribution < 1.29 is 9.47 Å². The van der Waals surface area contributed by atoms with Crippen molar-refractivity contribution in [3.8, 4) is 5.75 Å². The Morgan fingerprint density at radius 1 is 1.29 bits per heavy atom. The second-order valence-electron chi connectivity index (χ2n) is 4.01. The van der Waals surface area contributed by atoms with Crippen LogP contribution in [0.15, 0.2) is 22.7 Å². The number of hydrogen-bond donors (Lipinski definition) is 0. The predicted octanol–water partition coefficient (Wildman–Crippen LogP) is 2.50. The first-order valence-corrected chi connectivity index (χ1v) is 5.60. The molecule has 0 aromatic heterocycles. The van der Waals surface area contributed by atoms with Crippen LogP contribution < -0.4 is 4.74 Å². The molecule has 1 saturated heterocycles. The van der Waals surface area contributed by atoms with E-state index in [2.05, 4.69) is 22.0 Å². The minimum absolute atomic E-state index is 0.247. The number of halogens is 1. The molecule has 1 spiro atoms. The third kappa shape index (κ3) is 1.12. The normalized spacial score (nSPS) is 22.4. The first-order chi connectivity index (χ1) is 6.80. The molecule has 3 rings (SSSR count). The zero-order valence-corrected chi connectivity index (χ0v) is 9.34. The smallest absolute Gasteiger partial charge is 0.123 e. The highest BCUT2D eigenvalue weighted by Gasteiger charge is 2.44. The van der Waals surface area contributed by atoms with E-state index in [9.17, 15) is 0 Å². The topological polar surface area (TPSA) is 18.5 Å². The fourth-order valence-electron chi connectivity index (χ4n) is 2.18. The zero-order valence-electron chi connectivity index (χ0n) is 7.75. The van der Waals surface area contributed by atoms with E-state index in [-0.39, 0.29) is 5.41 Å². The van der Waals surface area contributed by atoms with Gasteiger partial charge in [-0.1, -0.05) is 15.9 Å². The van der Waals surface area contributed by atoms with Crippen molar-refractivity contribution in [3.05, 3.63) is 28.2 Å². The SMILES string of the molecule is Brc1ccc2c(c1)C1(CCO2)COC1. The fraction of sp³-hybridized carbons (Fsp3) is 0.455. The number of fused-ring (bicyclic) bond motifs is 2. The lowest BCUT2D eigenvalue weighted by molar-refractivity contribution is -0.0767. The molecule has 2 aliphatic heterocycles. The summed E-state index contributed by atoms with van der Waals surface area (Å²) in [6.07, 6.45) is 1.08. The molecule has 0 aliphatic carbocycles. The maximum atomic E-state index is 5.63. The lowest BCUT2D eigenvalue weighted by atomic mass is 9.74. The van der Waals surface area contributed by atoms with E-state index in [0.717, 1.165) is 36.5 Å². The molecule has 0 unspecified atom stereocenters. The third-order valence-corrected chi connectivity index (χ3v) is 3.60. The molecule has 1 aromatic carbocycles. The Labute approximate surface area is 91.3 Å². The van der Waals surface area contributed by atoms with E-state index < -0.39 is 0 Å². The van der Waals surface area contributed by atoms with Gasteiger partial charge in [-0.25, -0.2) is 0 Å². The number of hydrogen-bond acceptors (Lipinski definition) is 2. The van der Waals surface area contributed by atoms with Crippen LogP contribution in [0.2, 0.25) is 0 Å². The summed E-state index contributed by atoms with van der Waals surface area (Å²) < 4.78 is 12.1. The second-order valence-corrected chi connectivity index (χ2v) is 4.93. The summed E-state index contributed by atoms with van der Waals surface area (Å²) in [6.45, 7) is 2.51. The van der Waals surface area contributed by atoms with Gasteiger partial charge in [-0.2, -0.15) is 0 Å². The Morgan fingerprint density at radius 2 is 2.14 bits per heavy atom. The Hall–Kier alpha value is -0.540. The van der Waals surface area contributed by atoms with Gasteiger partial charge in [-0.05, 0) is 24.6 Å². The number of ether oxygens (including phenoxy) is 2.